The fourth-order valence-corrected chi connectivity index (χ4v) is 2.27. The molecule has 1 aromatic rings. The van der Waals surface area contributed by atoms with Crippen LogP contribution in [0.2, 0.25) is 0 Å². The van der Waals surface area contributed by atoms with Crippen LogP contribution >= 0.6 is 27.5 Å². The fraction of sp³-hybridized carbons (Fsp3) is 0.556. The Labute approximate surface area is 96.6 Å². The molecule has 0 amide bonds. The summed E-state index contributed by atoms with van der Waals surface area (Å²) in [5, 5.41) is 0.326. The summed E-state index contributed by atoms with van der Waals surface area (Å²) in [6, 6.07) is 0. The highest BCUT2D eigenvalue weighted by molar-refractivity contribution is 9.10. The SMILES string of the molecule is ClC1CCN(c2ncncc2Br)CC1. The summed E-state index contributed by atoms with van der Waals surface area (Å²) in [6.45, 7) is 1.95. The fourth-order valence-electron chi connectivity index (χ4n) is 1.60. The van der Waals surface area contributed by atoms with Crippen molar-refractivity contribution < 1.29 is 0 Å². The Morgan fingerprint density at radius 2 is 2.14 bits per heavy atom. The van der Waals surface area contributed by atoms with Gasteiger partial charge in [0.2, 0.25) is 0 Å². The monoisotopic (exact) mass is 275 g/mol. The van der Waals surface area contributed by atoms with Crippen LogP contribution in [0, 0.1) is 0 Å². The van der Waals surface area contributed by atoms with E-state index in [0.29, 0.717) is 5.38 Å². The molecule has 0 unspecified atom stereocenters. The highest BCUT2D eigenvalue weighted by atomic mass is 79.9. The van der Waals surface area contributed by atoms with Crippen LogP contribution in [0.1, 0.15) is 12.8 Å². The topological polar surface area (TPSA) is 29.0 Å². The normalized spacial score (nSPS) is 18.6. The number of hydrogen-bond acceptors (Lipinski definition) is 3. The van der Waals surface area contributed by atoms with Gasteiger partial charge < -0.3 is 4.90 Å². The molecule has 1 aromatic heterocycles. The molecular formula is C9H11BrClN3. The minimum atomic E-state index is 0.326. The maximum absolute atomic E-state index is 6.04. The second kappa shape index (κ2) is 4.45. The lowest BCUT2D eigenvalue weighted by molar-refractivity contribution is 0.579. The average Bonchev–Trinajstić information content (AvgIpc) is 2.20. The van der Waals surface area contributed by atoms with Crippen molar-refractivity contribution in [3.63, 3.8) is 0 Å². The standard InChI is InChI=1S/C9H11BrClN3/c10-8-5-12-6-13-9(8)14-3-1-7(11)2-4-14/h5-7H,1-4H2. The number of aromatic nitrogens is 2. The summed E-state index contributed by atoms with van der Waals surface area (Å²) in [5.41, 5.74) is 0. The lowest BCUT2D eigenvalue weighted by Gasteiger charge is -2.30. The van der Waals surface area contributed by atoms with Gasteiger partial charge in [0.25, 0.3) is 0 Å². The number of alkyl halides is 1. The summed E-state index contributed by atoms with van der Waals surface area (Å²) < 4.78 is 0.952. The molecule has 1 aliphatic rings. The van der Waals surface area contributed by atoms with Gasteiger partial charge in [0.05, 0.1) is 4.47 Å². The minimum absolute atomic E-state index is 0.326. The Hall–Kier alpha value is -0.350. The Morgan fingerprint density at radius 1 is 1.43 bits per heavy atom. The van der Waals surface area contributed by atoms with Crippen molar-refractivity contribution in [1.29, 1.82) is 0 Å². The number of halogens is 2. The van der Waals surface area contributed by atoms with Crippen molar-refractivity contribution in [3.05, 3.63) is 17.0 Å². The van der Waals surface area contributed by atoms with Gasteiger partial charge in [0.1, 0.15) is 12.1 Å². The van der Waals surface area contributed by atoms with E-state index in [9.17, 15) is 0 Å². The summed E-state index contributed by atoms with van der Waals surface area (Å²) >= 11 is 9.49. The summed E-state index contributed by atoms with van der Waals surface area (Å²) in [7, 11) is 0. The molecule has 1 fully saturated rings. The van der Waals surface area contributed by atoms with Crippen molar-refractivity contribution >= 4 is 33.3 Å². The first-order valence-electron chi connectivity index (χ1n) is 4.62. The van der Waals surface area contributed by atoms with E-state index in [4.69, 9.17) is 11.6 Å². The van der Waals surface area contributed by atoms with Crippen LogP contribution in [-0.4, -0.2) is 28.4 Å². The molecular weight excluding hydrogens is 265 g/mol. The third-order valence-corrected chi connectivity index (χ3v) is 3.37. The second-order valence-electron chi connectivity index (χ2n) is 3.36. The largest absolute Gasteiger partial charge is 0.355 e. The highest BCUT2D eigenvalue weighted by Crippen LogP contribution is 2.26. The molecule has 1 saturated heterocycles. The summed E-state index contributed by atoms with van der Waals surface area (Å²) in [4.78, 5) is 10.4. The van der Waals surface area contributed by atoms with Crippen LogP contribution in [-0.2, 0) is 0 Å². The zero-order valence-electron chi connectivity index (χ0n) is 7.66. The predicted molar refractivity (Wildman–Crippen MR) is 60.8 cm³/mol. The van der Waals surface area contributed by atoms with Crippen molar-refractivity contribution in [3.8, 4) is 0 Å². The van der Waals surface area contributed by atoms with E-state index in [1.807, 2.05) is 0 Å². The van der Waals surface area contributed by atoms with Crippen molar-refractivity contribution in [2.24, 2.45) is 0 Å². The molecule has 0 aromatic carbocycles. The quantitative estimate of drug-likeness (QED) is 0.738. The zero-order chi connectivity index (χ0) is 9.97. The Balaban J connectivity index is 2.12. The van der Waals surface area contributed by atoms with Gasteiger partial charge in [-0.2, -0.15) is 0 Å². The van der Waals surface area contributed by atoms with Gasteiger partial charge >= 0.3 is 0 Å². The van der Waals surface area contributed by atoms with E-state index in [-0.39, 0.29) is 0 Å². The number of anilines is 1. The smallest absolute Gasteiger partial charge is 0.146 e. The van der Waals surface area contributed by atoms with Gasteiger partial charge in [-0.1, -0.05) is 0 Å². The molecule has 0 aliphatic carbocycles. The van der Waals surface area contributed by atoms with Crippen LogP contribution in [0.4, 0.5) is 5.82 Å². The second-order valence-corrected chi connectivity index (χ2v) is 4.83. The lowest BCUT2D eigenvalue weighted by Crippen LogP contribution is -2.34. The first kappa shape index (κ1) is 10.2. The molecule has 2 heterocycles. The molecule has 0 spiro atoms. The van der Waals surface area contributed by atoms with Gasteiger partial charge in [-0.15, -0.1) is 11.6 Å². The van der Waals surface area contributed by atoms with Crippen molar-refractivity contribution in [2.75, 3.05) is 18.0 Å². The van der Waals surface area contributed by atoms with E-state index >= 15 is 0 Å². The Kier molecular flexibility index (Phi) is 3.23. The number of nitrogens with zero attached hydrogens (tertiary/aromatic N) is 3. The maximum Gasteiger partial charge on any atom is 0.146 e. The van der Waals surface area contributed by atoms with Crippen molar-refractivity contribution in [1.82, 2.24) is 9.97 Å². The molecule has 0 N–H and O–H groups in total. The first-order chi connectivity index (χ1) is 6.77. The number of hydrogen-bond donors (Lipinski definition) is 0. The molecule has 0 atom stereocenters. The van der Waals surface area contributed by atoms with Gasteiger partial charge in [0, 0.05) is 24.7 Å². The Bertz CT molecular complexity index is 313. The molecule has 1 aliphatic heterocycles. The third kappa shape index (κ3) is 2.17. The van der Waals surface area contributed by atoms with Gasteiger partial charge in [0.15, 0.2) is 0 Å². The van der Waals surface area contributed by atoms with Crippen LogP contribution < -0.4 is 4.90 Å². The Morgan fingerprint density at radius 3 is 2.79 bits per heavy atom. The van der Waals surface area contributed by atoms with E-state index in [2.05, 4.69) is 30.8 Å². The molecule has 3 nitrogen and oxygen atoms in total. The van der Waals surface area contributed by atoms with E-state index in [0.717, 1.165) is 36.2 Å². The van der Waals surface area contributed by atoms with Crippen LogP contribution in [0.25, 0.3) is 0 Å². The van der Waals surface area contributed by atoms with Gasteiger partial charge in [-0.25, -0.2) is 9.97 Å². The molecule has 0 saturated carbocycles. The summed E-state index contributed by atoms with van der Waals surface area (Å²) in [5.74, 6) is 0.976. The van der Waals surface area contributed by atoms with E-state index in [1.165, 1.54) is 0 Å². The molecule has 0 bridgehead atoms. The summed E-state index contributed by atoms with van der Waals surface area (Å²) in [6.07, 6.45) is 5.40. The minimum Gasteiger partial charge on any atom is -0.355 e. The van der Waals surface area contributed by atoms with Gasteiger partial charge in [-0.05, 0) is 28.8 Å². The number of rotatable bonds is 1. The van der Waals surface area contributed by atoms with E-state index in [1.54, 1.807) is 12.5 Å². The lowest BCUT2D eigenvalue weighted by atomic mass is 10.1. The third-order valence-electron chi connectivity index (χ3n) is 2.37. The van der Waals surface area contributed by atoms with E-state index < -0.39 is 0 Å². The maximum atomic E-state index is 6.04. The number of piperidine rings is 1. The van der Waals surface area contributed by atoms with Gasteiger partial charge in [-0.3, -0.25) is 0 Å². The highest BCUT2D eigenvalue weighted by Gasteiger charge is 2.19. The molecule has 0 radical (unpaired) electrons. The van der Waals surface area contributed by atoms with Crippen LogP contribution in [0.15, 0.2) is 17.0 Å². The molecule has 14 heavy (non-hydrogen) atoms. The molecule has 5 heteroatoms. The van der Waals surface area contributed by atoms with Crippen LogP contribution in [0.5, 0.6) is 0 Å². The average molecular weight is 277 g/mol. The zero-order valence-corrected chi connectivity index (χ0v) is 10.00. The predicted octanol–water partition coefficient (Wildman–Crippen LogP) is 2.45. The molecule has 76 valence electrons. The first-order valence-corrected chi connectivity index (χ1v) is 5.85. The van der Waals surface area contributed by atoms with Crippen molar-refractivity contribution in [2.45, 2.75) is 18.2 Å². The molecule has 2 rings (SSSR count). The van der Waals surface area contributed by atoms with Crippen LogP contribution in [0.3, 0.4) is 0 Å².